The number of nitrogen functional groups attached to an aromatic ring is 1. The molecule has 0 atom stereocenters. The number of hydrogen-bond donors (Lipinski definition) is 1. The van der Waals surface area contributed by atoms with Crippen LogP contribution in [0.3, 0.4) is 0 Å². The van der Waals surface area contributed by atoms with Crippen LogP contribution in [0.4, 0.5) is 10.1 Å². The molecule has 0 saturated carbocycles. The van der Waals surface area contributed by atoms with Crippen molar-refractivity contribution < 1.29 is 13.9 Å². The number of aryl methyl sites for hydroxylation is 1. The van der Waals surface area contributed by atoms with Gasteiger partial charge in [0.15, 0.2) is 0 Å². The third-order valence-corrected chi connectivity index (χ3v) is 2.78. The number of ether oxygens (including phenoxy) is 2. The molecule has 2 N–H and O–H groups in total. The highest BCUT2D eigenvalue weighted by atomic mass is 19.1. The molecule has 21 heavy (non-hydrogen) atoms. The van der Waals surface area contributed by atoms with Gasteiger partial charge in [-0.3, -0.25) is 0 Å². The molecule has 4 nitrogen and oxygen atoms in total. The number of pyridine rings is 1. The lowest BCUT2D eigenvalue weighted by molar-refractivity contribution is 0.260. The lowest BCUT2D eigenvalue weighted by atomic mass is 10.2. The Bertz CT molecular complexity index is 630. The van der Waals surface area contributed by atoms with Gasteiger partial charge < -0.3 is 15.2 Å². The van der Waals surface area contributed by atoms with Crippen LogP contribution in [0.15, 0.2) is 30.3 Å². The fourth-order valence-corrected chi connectivity index (χ4v) is 1.61. The third-order valence-electron chi connectivity index (χ3n) is 2.78. The average molecular weight is 290 g/mol. The fraction of sp³-hybridized carbons (Fsp3) is 0.312. The summed E-state index contributed by atoms with van der Waals surface area (Å²) >= 11 is 0. The molecule has 5 heteroatoms. The third kappa shape index (κ3) is 4.08. The zero-order valence-corrected chi connectivity index (χ0v) is 12.4. The van der Waals surface area contributed by atoms with Gasteiger partial charge in [0.05, 0.1) is 12.3 Å². The number of nitrogens with two attached hydrogens (primary N) is 1. The molecule has 0 amide bonds. The number of rotatable bonds is 5. The van der Waals surface area contributed by atoms with Gasteiger partial charge in [0, 0.05) is 12.1 Å². The Morgan fingerprint density at radius 2 is 2.00 bits per heavy atom. The first kappa shape index (κ1) is 15.1. The maximum absolute atomic E-state index is 13.5. The second kappa shape index (κ2) is 6.43. The number of nitrogens with zero attached hydrogens (tertiary/aromatic N) is 1. The summed E-state index contributed by atoms with van der Waals surface area (Å²) in [5, 5.41) is 0. The first-order valence-electron chi connectivity index (χ1n) is 6.79. The van der Waals surface area contributed by atoms with E-state index in [-0.39, 0.29) is 5.82 Å². The van der Waals surface area contributed by atoms with E-state index in [9.17, 15) is 4.39 Å². The quantitative estimate of drug-likeness (QED) is 0.906. The zero-order valence-electron chi connectivity index (χ0n) is 12.4. The first-order chi connectivity index (χ1) is 9.95. The Morgan fingerprint density at radius 3 is 2.67 bits per heavy atom. The van der Waals surface area contributed by atoms with Crippen LogP contribution in [-0.4, -0.2) is 11.6 Å². The molecule has 0 saturated heterocycles. The summed E-state index contributed by atoms with van der Waals surface area (Å²) < 4.78 is 24.5. The maximum Gasteiger partial charge on any atom is 0.240 e. The molecular weight excluding hydrogens is 271 g/mol. The minimum Gasteiger partial charge on any atom is -0.476 e. The summed E-state index contributed by atoms with van der Waals surface area (Å²) in [5.41, 5.74) is 6.82. The molecule has 1 aromatic heterocycles. The van der Waals surface area contributed by atoms with E-state index in [4.69, 9.17) is 15.2 Å². The standard InChI is InChI=1S/C16H19FN2O2/c1-10(2)9-20-16-14(18)6-7-15(19-16)21-12-5-4-11(3)13(17)8-12/h4-8,10H,9,18H2,1-3H3. The molecule has 0 bridgehead atoms. The van der Waals surface area contributed by atoms with Gasteiger partial charge in [0.1, 0.15) is 11.6 Å². The summed E-state index contributed by atoms with van der Waals surface area (Å²) in [5.74, 6) is 1.06. The van der Waals surface area contributed by atoms with Crippen LogP contribution in [0.25, 0.3) is 0 Å². The number of halogens is 1. The zero-order chi connectivity index (χ0) is 15.4. The van der Waals surface area contributed by atoms with Gasteiger partial charge in [0.2, 0.25) is 11.8 Å². The number of anilines is 1. The van der Waals surface area contributed by atoms with Crippen molar-refractivity contribution in [3.8, 4) is 17.5 Å². The SMILES string of the molecule is Cc1ccc(Oc2ccc(N)c(OCC(C)C)n2)cc1F. The van der Waals surface area contributed by atoms with E-state index in [2.05, 4.69) is 4.98 Å². The summed E-state index contributed by atoms with van der Waals surface area (Å²) in [7, 11) is 0. The first-order valence-corrected chi connectivity index (χ1v) is 6.79. The van der Waals surface area contributed by atoms with E-state index in [0.717, 1.165) is 0 Å². The van der Waals surface area contributed by atoms with Crippen molar-refractivity contribution in [1.29, 1.82) is 0 Å². The highest BCUT2D eigenvalue weighted by Crippen LogP contribution is 2.27. The summed E-state index contributed by atoms with van der Waals surface area (Å²) in [6.45, 7) is 6.27. The molecule has 2 rings (SSSR count). The molecule has 0 aliphatic heterocycles. The van der Waals surface area contributed by atoms with Gasteiger partial charge in [0.25, 0.3) is 0 Å². The van der Waals surface area contributed by atoms with Crippen molar-refractivity contribution in [3.05, 3.63) is 41.7 Å². The molecule has 2 aromatic rings. The Hall–Kier alpha value is -2.30. The second-order valence-corrected chi connectivity index (χ2v) is 5.26. The molecule has 0 unspecified atom stereocenters. The van der Waals surface area contributed by atoms with Crippen molar-refractivity contribution in [2.75, 3.05) is 12.3 Å². The molecule has 112 valence electrons. The largest absolute Gasteiger partial charge is 0.476 e. The highest BCUT2D eigenvalue weighted by Gasteiger charge is 2.08. The van der Waals surface area contributed by atoms with Gasteiger partial charge >= 0.3 is 0 Å². The van der Waals surface area contributed by atoms with Crippen LogP contribution in [-0.2, 0) is 0 Å². The Kier molecular flexibility index (Phi) is 4.62. The number of hydrogen-bond acceptors (Lipinski definition) is 4. The fourth-order valence-electron chi connectivity index (χ4n) is 1.61. The van der Waals surface area contributed by atoms with Crippen molar-refractivity contribution in [3.63, 3.8) is 0 Å². The smallest absolute Gasteiger partial charge is 0.240 e. The second-order valence-electron chi connectivity index (χ2n) is 5.26. The van der Waals surface area contributed by atoms with E-state index in [1.54, 1.807) is 31.2 Å². The number of aromatic nitrogens is 1. The summed E-state index contributed by atoms with van der Waals surface area (Å²) in [6, 6.07) is 7.93. The molecule has 1 heterocycles. The van der Waals surface area contributed by atoms with E-state index in [1.807, 2.05) is 13.8 Å². The topological polar surface area (TPSA) is 57.4 Å². The minimum absolute atomic E-state index is 0.311. The van der Waals surface area contributed by atoms with E-state index < -0.39 is 0 Å². The minimum atomic E-state index is -0.320. The van der Waals surface area contributed by atoms with Gasteiger partial charge in [-0.25, -0.2) is 4.39 Å². The van der Waals surface area contributed by atoms with Crippen molar-refractivity contribution in [1.82, 2.24) is 4.98 Å². The maximum atomic E-state index is 13.5. The predicted molar refractivity (Wildman–Crippen MR) is 80.2 cm³/mol. The summed E-state index contributed by atoms with van der Waals surface area (Å²) in [6.07, 6.45) is 0. The molecule has 1 aromatic carbocycles. The Labute approximate surface area is 123 Å². The molecule has 0 fully saturated rings. The van der Waals surface area contributed by atoms with Gasteiger partial charge in [-0.05, 0) is 30.5 Å². The van der Waals surface area contributed by atoms with Crippen molar-refractivity contribution in [2.45, 2.75) is 20.8 Å². The average Bonchev–Trinajstić information content (AvgIpc) is 2.43. The molecule has 0 spiro atoms. The van der Waals surface area contributed by atoms with Crippen molar-refractivity contribution >= 4 is 5.69 Å². The molecular formula is C16H19FN2O2. The van der Waals surface area contributed by atoms with Crippen LogP contribution >= 0.6 is 0 Å². The van der Waals surface area contributed by atoms with E-state index >= 15 is 0 Å². The monoisotopic (exact) mass is 290 g/mol. The van der Waals surface area contributed by atoms with E-state index in [1.165, 1.54) is 6.07 Å². The van der Waals surface area contributed by atoms with Crippen LogP contribution in [0.5, 0.6) is 17.5 Å². The van der Waals surface area contributed by atoms with Gasteiger partial charge in [-0.15, -0.1) is 0 Å². The van der Waals surface area contributed by atoms with E-state index in [0.29, 0.717) is 41.3 Å². The van der Waals surface area contributed by atoms with Gasteiger partial charge in [-0.2, -0.15) is 4.98 Å². The Morgan fingerprint density at radius 1 is 1.24 bits per heavy atom. The van der Waals surface area contributed by atoms with Gasteiger partial charge in [-0.1, -0.05) is 19.9 Å². The molecule has 0 aliphatic carbocycles. The lowest BCUT2D eigenvalue weighted by Crippen LogP contribution is -2.07. The van der Waals surface area contributed by atoms with Crippen LogP contribution in [0.1, 0.15) is 19.4 Å². The van der Waals surface area contributed by atoms with Crippen LogP contribution in [0, 0.1) is 18.7 Å². The van der Waals surface area contributed by atoms with Crippen molar-refractivity contribution in [2.24, 2.45) is 5.92 Å². The predicted octanol–water partition coefficient (Wildman–Crippen LogP) is 3.94. The number of benzene rings is 1. The van der Waals surface area contributed by atoms with Crippen LogP contribution < -0.4 is 15.2 Å². The van der Waals surface area contributed by atoms with Crippen LogP contribution in [0.2, 0.25) is 0 Å². The molecule has 0 aliphatic rings. The summed E-state index contributed by atoms with van der Waals surface area (Å²) in [4.78, 5) is 4.20. The normalized spacial score (nSPS) is 10.7. The lowest BCUT2D eigenvalue weighted by Gasteiger charge is -2.12. The Balaban J connectivity index is 2.16. The highest BCUT2D eigenvalue weighted by molar-refractivity contribution is 5.49. The molecule has 0 radical (unpaired) electrons.